The average molecular weight is 443 g/mol. The van der Waals surface area contributed by atoms with E-state index in [4.69, 9.17) is 0 Å². The van der Waals surface area contributed by atoms with Crippen molar-refractivity contribution < 1.29 is 19.2 Å². The molecule has 0 aliphatic carbocycles. The number of carbonyl (C=O) groups is 4. The molecule has 0 unspecified atom stereocenters. The highest BCUT2D eigenvalue weighted by atomic mass is 16.2. The van der Waals surface area contributed by atoms with Gasteiger partial charge in [0.15, 0.2) is 0 Å². The lowest BCUT2D eigenvalue weighted by molar-refractivity contribution is -0.132. The summed E-state index contributed by atoms with van der Waals surface area (Å²) < 4.78 is 0. The van der Waals surface area contributed by atoms with E-state index in [1.54, 1.807) is 12.1 Å². The molecule has 1 saturated heterocycles. The van der Waals surface area contributed by atoms with E-state index in [1.165, 1.54) is 4.90 Å². The molecular formula is C24H34N4O4. The minimum Gasteiger partial charge on any atom is -0.342 e. The number of imide groups is 1. The third kappa shape index (κ3) is 5.35. The first-order chi connectivity index (χ1) is 15.3. The minimum absolute atomic E-state index is 0.0365. The molecule has 32 heavy (non-hydrogen) atoms. The molecule has 2 heterocycles. The van der Waals surface area contributed by atoms with Crippen molar-refractivity contribution in [2.75, 3.05) is 52.4 Å². The topological polar surface area (TPSA) is 81.2 Å². The molecule has 0 aromatic heterocycles. The van der Waals surface area contributed by atoms with Crippen molar-refractivity contribution in [3.63, 3.8) is 0 Å². The third-order valence-electron chi connectivity index (χ3n) is 6.31. The Labute approximate surface area is 190 Å². The molecule has 8 heteroatoms. The van der Waals surface area contributed by atoms with Gasteiger partial charge in [0.2, 0.25) is 11.8 Å². The molecule has 0 spiro atoms. The van der Waals surface area contributed by atoms with Gasteiger partial charge in [-0.25, -0.2) is 0 Å². The van der Waals surface area contributed by atoms with Crippen LogP contribution in [-0.4, -0.2) is 95.6 Å². The molecular weight excluding hydrogens is 408 g/mol. The quantitative estimate of drug-likeness (QED) is 0.573. The molecule has 0 N–H and O–H groups in total. The highest BCUT2D eigenvalue weighted by molar-refractivity contribution is 6.21. The second kappa shape index (κ2) is 10.7. The maximum atomic E-state index is 12.7. The van der Waals surface area contributed by atoms with Crippen LogP contribution < -0.4 is 0 Å². The van der Waals surface area contributed by atoms with Crippen LogP contribution in [0.2, 0.25) is 0 Å². The second-order valence-electron chi connectivity index (χ2n) is 8.49. The summed E-state index contributed by atoms with van der Waals surface area (Å²) in [6, 6.07) is 5.27. The molecule has 0 saturated carbocycles. The normalized spacial score (nSPS) is 16.8. The van der Waals surface area contributed by atoms with Gasteiger partial charge < -0.3 is 9.80 Å². The maximum absolute atomic E-state index is 12.7. The van der Waals surface area contributed by atoms with Gasteiger partial charge in [-0.2, -0.15) is 0 Å². The van der Waals surface area contributed by atoms with Crippen LogP contribution in [0, 0.1) is 6.92 Å². The van der Waals surface area contributed by atoms with Crippen LogP contribution in [0.4, 0.5) is 0 Å². The standard InChI is InChI=1S/C24H34N4O4/c1-4-26(5-2)22(30)17-25-11-7-12-27(15-14-25)21(29)8-6-13-28-23(31)19-10-9-18(3)16-20(19)24(28)32/h9-10,16H,4-8,11-15,17H2,1-3H3. The summed E-state index contributed by atoms with van der Waals surface area (Å²) in [6.45, 7) is 10.6. The number of carbonyl (C=O) groups excluding carboxylic acids is 4. The van der Waals surface area contributed by atoms with Crippen molar-refractivity contribution in [3.8, 4) is 0 Å². The summed E-state index contributed by atoms with van der Waals surface area (Å²) in [5, 5.41) is 0. The van der Waals surface area contributed by atoms with Gasteiger partial charge in [-0.1, -0.05) is 11.6 Å². The monoisotopic (exact) mass is 442 g/mol. The zero-order valence-electron chi connectivity index (χ0n) is 19.4. The smallest absolute Gasteiger partial charge is 0.261 e. The number of rotatable bonds is 8. The Hall–Kier alpha value is -2.74. The summed E-state index contributed by atoms with van der Waals surface area (Å²) >= 11 is 0. The van der Waals surface area contributed by atoms with Crippen LogP contribution in [0.3, 0.4) is 0 Å². The summed E-state index contributed by atoms with van der Waals surface area (Å²) in [5.41, 5.74) is 1.84. The Bertz CT molecular complexity index is 881. The Morgan fingerprint density at radius 3 is 2.41 bits per heavy atom. The van der Waals surface area contributed by atoms with Gasteiger partial charge in [-0.05, 0) is 45.7 Å². The minimum atomic E-state index is -0.277. The van der Waals surface area contributed by atoms with Crippen LogP contribution >= 0.6 is 0 Å². The number of aryl methyl sites for hydroxylation is 1. The van der Waals surface area contributed by atoms with Crippen LogP contribution in [0.15, 0.2) is 18.2 Å². The summed E-state index contributed by atoms with van der Waals surface area (Å²) in [4.78, 5) is 57.2. The van der Waals surface area contributed by atoms with Crippen LogP contribution in [-0.2, 0) is 9.59 Å². The van der Waals surface area contributed by atoms with E-state index in [0.29, 0.717) is 63.2 Å². The molecule has 1 aromatic rings. The third-order valence-corrected chi connectivity index (χ3v) is 6.31. The van der Waals surface area contributed by atoms with Gasteiger partial charge in [-0.15, -0.1) is 0 Å². The number of amides is 4. The van der Waals surface area contributed by atoms with Gasteiger partial charge in [0.05, 0.1) is 17.7 Å². The zero-order chi connectivity index (χ0) is 23.3. The maximum Gasteiger partial charge on any atom is 0.261 e. The van der Waals surface area contributed by atoms with E-state index < -0.39 is 0 Å². The predicted octanol–water partition coefficient (Wildman–Crippen LogP) is 1.77. The Morgan fingerprint density at radius 2 is 1.69 bits per heavy atom. The van der Waals surface area contributed by atoms with Crippen LogP contribution in [0.25, 0.3) is 0 Å². The number of hydrogen-bond donors (Lipinski definition) is 0. The average Bonchev–Trinajstić information content (AvgIpc) is 2.92. The fourth-order valence-electron chi connectivity index (χ4n) is 4.40. The first kappa shape index (κ1) is 23.9. The molecule has 0 atom stereocenters. The predicted molar refractivity (Wildman–Crippen MR) is 121 cm³/mol. The molecule has 0 radical (unpaired) electrons. The van der Waals surface area contributed by atoms with Crippen molar-refractivity contribution in [2.24, 2.45) is 0 Å². The number of likely N-dealkylation sites (N-methyl/N-ethyl adjacent to an activating group) is 1. The van der Waals surface area contributed by atoms with Crippen molar-refractivity contribution in [3.05, 3.63) is 34.9 Å². The lowest BCUT2D eigenvalue weighted by Crippen LogP contribution is -2.42. The van der Waals surface area contributed by atoms with E-state index in [1.807, 2.05) is 36.6 Å². The van der Waals surface area contributed by atoms with Gasteiger partial charge in [0.25, 0.3) is 11.8 Å². The first-order valence-electron chi connectivity index (χ1n) is 11.6. The Kier molecular flexibility index (Phi) is 8.01. The fourth-order valence-corrected chi connectivity index (χ4v) is 4.40. The zero-order valence-corrected chi connectivity index (χ0v) is 19.4. The summed E-state index contributed by atoms with van der Waals surface area (Å²) in [6.07, 6.45) is 1.57. The van der Waals surface area contributed by atoms with Crippen molar-refractivity contribution >= 4 is 23.6 Å². The van der Waals surface area contributed by atoms with E-state index in [9.17, 15) is 19.2 Å². The highest BCUT2D eigenvalue weighted by Gasteiger charge is 2.35. The molecule has 2 aliphatic rings. The van der Waals surface area contributed by atoms with Gasteiger partial charge in [-0.3, -0.25) is 29.0 Å². The van der Waals surface area contributed by atoms with Crippen molar-refractivity contribution in [1.29, 1.82) is 0 Å². The largest absolute Gasteiger partial charge is 0.342 e. The molecule has 1 aromatic carbocycles. The number of hydrogen-bond acceptors (Lipinski definition) is 5. The lowest BCUT2D eigenvalue weighted by atomic mass is 10.1. The SMILES string of the molecule is CCN(CC)C(=O)CN1CCCN(C(=O)CCCN2C(=O)c3ccc(C)cc3C2=O)CC1. The summed E-state index contributed by atoms with van der Waals surface area (Å²) in [7, 11) is 0. The Balaban J connectivity index is 1.45. The molecule has 3 rings (SSSR count). The Morgan fingerprint density at radius 1 is 0.969 bits per heavy atom. The number of nitrogens with zero attached hydrogens (tertiary/aromatic N) is 4. The van der Waals surface area contributed by atoms with E-state index in [0.717, 1.165) is 18.5 Å². The molecule has 174 valence electrons. The van der Waals surface area contributed by atoms with Gasteiger partial charge >= 0.3 is 0 Å². The van der Waals surface area contributed by atoms with E-state index >= 15 is 0 Å². The van der Waals surface area contributed by atoms with E-state index in [2.05, 4.69) is 4.90 Å². The van der Waals surface area contributed by atoms with Gasteiger partial charge in [0.1, 0.15) is 0 Å². The molecule has 2 aliphatic heterocycles. The van der Waals surface area contributed by atoms with Gasteiger partial charge in [0, 0.05) is 52.2 Å². The van der Waals surface area contributed by atoms with Crippen LogP contribution in [0.5, 0.6) is 0 Å². The number of benzene rings is 1. The number of fused-ring (bicyclic) bond motifs is 1. The molecule has 4 amide bonds. The highest BCUT2D eigenvalue weighted by Crippen LogP contribution is 2.24. The van der Waals surface area contributed by atoms with Crippen molar-refractivity contribution in [2.45, 2.75) is 40.0 Å². The molecule has 0 bridgehead atoms. The van der Waals surface area contributed by atoms with Crippen LogP contribution in [0.1, 0.15) is 59.4 Å². The van der Waals surface area contributed by atoms with E-state index in [-0.39, 0.29) is 30.2 Å². The first-order valence-corrected chi connectivity index (χ1v) is 11.6. The lowest BCUT2D eigenvalue weighted by Gasteiger charge is -2.25. The summed E-state index contributed by atoms with van der Waals surface area (Å²) in [5.74, 6) is -0.384. The molecule has 1 fully saturated rings. The fraction of sp³-hybridized carbons (Fsp3) is 0.583. The molecule has 8 nitrogen and oxygen atoms in total. The second-order valence-corrected chi connectivity index (χ2v) is 8.49. The van der Waals surface area contributed by atoms with Crippen molar-refractivity contribution in [1.82, 2.24) is 19.6 Å².